The van der Waals surface area contributed by atoms with Gasteiger partial charge in [0.2, 0.25) is 0 Å². The lowest BCUT2D eigenvalue weighted by Crippen LogP contribution is -2.54. The van der Waals surface area contributed by atoms with Gasteiger partial charge in [0.1, 0.15) is 6.10 Å². The second-order valence-electron chi connectivity index (χ2n) is 12.8. The van der Waals surface area contributed by atoms with Crippen LogP contribution in [0.4, 0.5) is 0 Å². The van der Waals surface area contributed by atoms with Crippen molar-refractivity contribution in [1.82, 2.24) is 0 Å². The number of carboxylic acids is 1. The van der Waals surface area contributed by atoms with Crippen LogP contribution in [0.15, 0.2) is 0 Å². The van der Waals surface area contributed by atoms with Crippen molar-refractivity contribution < 1.29 is 29.0 Å². The first kappa shape index (κ1) is 26.5. The number of carboxylic acid groups (broad SMARTS) is 1. The Bertz CT molecular complexity index is 809. The molecule has 9 atom stereocenters. The molecular formula is C29H46O6. The quantitative estimate of drug-likeness (QED) is 0.419. The van der Waals surface area contributed by atoms with E-state index in [0.717, 1.165) is 43.4 Å². The number of carbonyl (C=O) groups excluding carboxylic acids is 2. The molecule has 0 bridgehead atoms. The van der Waals surface area contributed by atoms with Gasteiger partial charge in [-0.15, -0.1) is 0 Å². The minimum atomic E-state index is -0.951. The zero-order valence-corrected chi connectivity index (χ0v) is 22.2. The van der Waals surface area contributed by atoms with E-state index in [-0.39, 0.29) is 30.9 Å². The van der Waals surface area contributed by atoms with Crippen molar-refractivity contribution in [2.75, 3.05) is 7.11 Å². The molecule has 0 spiro atoms. The number of aliphatic carboxylic acids is 1. The molecule has 0 saturated heterocycles. The summed E-state index contributed by atoms with van der Waals surface area (Å²) in [6.07, 6.45) is 11.9. The van der Waals surface area contributed by atoms with Crippen LogP contribution < -0.4 is 0 Å². The molecule has 0 amide bonds. The Labute approximate surface area is 210 Å². The zero-order valence-electron chi connectivity index (χ0n) is 22.2. The van der Waals surface area contributed by atoms with Gasteiger partial charge in [-0.05, 0) is 111 Å². The van der Waals surface area contributed by atoms with E-state index in [0.29, 0.717) is 35.0 Å². The van der Waals surface area contributed by atoms with Gasteiger partial charge in [-0.1, -0.05) is 20.8 Å². The highest BCUT2D eigenvalue weighted by molar-refractivity contribution is 5.76. The van der Waals surface area contributed by atoms with Crippen molar-refractivity contribution >= 4 is 17.9 Å². The van der Waals surface area contributed by atoms with E-state index in [1.807, 2.05) is 0 Å². The van der Waals surface area contributed by atoms with E-state index in [2.05, 4.69) is 20.8 Å². The van der Waals surface area contributed by atoms with E-state index in [1.165, 1.54) is 45.6 Å². The molecule has 0 aromatic carbocycles. The highest BCUT2D eigenvalue weighted by Gasteiger charge is 2.60. The van der Waals surface area contributed by atoms with Gasteiger partial charge >= 0.3 is 17.9 Å². The fourth-order valence-corrected chi connectivity index (χ4v) is 9.40. The number of esters is 2. The van der Waals surface area contributed by atoms with Gasteiger partial charge in [0, 0.05) is 6.42 Å². The molecule has 0 aromatic heterocycles. The summed E-state index contributed by atoms with van der Waals surface area (Å²) < 4.78 is 10.6. The lowest BCUT2D eigenvalue weighted by molar-refractivity contribution is -0.164. The van der Waals surface area contributed by atoms with Crippen LogP contribution >= 0.6 is 0 Å². The monoisotopic (exact) mass is 490 g/mol. The third kappa shape index (κ3) is 5.13. The summed E-state index contributed by atoms with van der Waals surface area (Å²) in [6, 6.07) is 0. The van der Waals surface area contributed by atoms with Crippen LogP contribution in [0, 0.1) is 46.3 Å². The molecule has 4 aliphatic rings. The van der Waals surface area contributed by atoms with E-state index in [9.17, 15) is 14.4 Å². The first-order valence-electron chi connectivity index (χ1n) is 14.1. The van der Waals surface area contributed by atoms with Crippen molar-refractivity contribution in [3.05, 3.63) is 0 Å². The highest BCUT2D eigenvalue weighted by Crippen LogP contribution is 2.68. The van der Waals surface area contributed by atoms with Crippen molar-refractivity contribution in [1.29, 1.82) is 0 Å². The van der Waals surface area contributed by atoms with Gasteiger partial charge in [-0.25, -0.2) is 0 Å². The summed E-state index contributed by atoms with van der Waals surface area (Å²) >= 11 is 0. The number of fused-ring (bicyclic) bond motifs is 5. The van der Waals surface area contributed by atoms with Crippen LogP contribution in [-0.2, 0) is 23.9 Å². The number of hydrogen-bond donors (Lipinski definition) is 1. The molecule has 0 aliphatic heterocycles. The van der Waals surface area contributed by atoms with Crippen LogP contribution in [0.2, 0.25) is 0 Å². The largest absolute Gasteiger partial charge is 0.481 e. The molecule has 4 fully saturated rings. The normalized spacial score (nSPS) is 41.1. The Balaban J connectivity index is 1.38. The number of rotatable bonds is 8. The Hall–Kier alpha value is -1.59. The smallest absolute Gasteiger partial charge is 0.306 e. The van der Waals surface area contributed by atoms with Gasteiger partial charge in [-0.3, -0.25) is 14.4 Å². The fraction of sp³-hybridized carbons (Fsp3) is 0.897. The van der Waals surface area contributed by atoms with Crippen molar-refractivity contribution in [2.24, 2.45) is 46.3 Å². The maximum absolute atomic E-state index is 12.1. The van der Waals surface area contributed by atoms with Crippen molar-refractivity contribution in [3.8, 4) is 0 Å². The van der Waals surface area contributed by atoms with Crippen LogP contribution in [-0.4, -0.2) is 36.2 Å². The lowest BCUT2D eigenvalue weighted by atomic mass is 9.44. The number of carbonyl (C=O) groups is 3. The molecule has 6 nitrogen and oxygen atoms in total. The second-order valence-corrected chi connectivity index (χ2v) is 12.8. The summed E-state index contributed by atoms with van der Waals surface area (Å²) in [6.45, 7) is 7.43. The van der Waals surface area contributed by atoms with Gasteiger partial charge in [-0.2, -0.15) is 0 Å². The van der Waals surface area contributed by atoms with E-state index < -0.39 is 5.97 Å². The maximum Gasteiger partial charge on any atom is 0.306 e. The average Bonchev–Trinajstić information content (AvgIpc) is 3.18. The van der Waals surface area contributed by atoms with Gasteiger partial charge in [0.05, 0.1) is 20.0 Å². The lowest BCUT2D eigenvalue weighted by Gasteiger charge is -2.61. The Morgan fingerprint density at radius 3 is 2.31 bits per heavy atom. The SMILES string of the molecule is COC(=O)CCC(C)C1CCC2C3CCC4CC(OC(=O)CCC(=O)O)CCC4(C)C3CCC12C. The van der Waals surface area contributed by atoms with Crippen molar-refractivity contribution in [3.63, 3.8) is 0 Å². The Kier molecular flexibility index (Phi) is 7.88. The summed E-state index contributed by atoms with van der Waals surface area (Å²) in [5, 5.41) is 8.83. The first-order chi connectivity index (χ1) is 16.6. The molecule has 4 rings (SSSR count). The Morgan fingerprint density at radius 1 is 0.886 bits per heavy atom. The molecule has 4 saturated carbocycles. The van der Waals surface area contributed by atoms with Crippen molar-refractivity contribution in [2.45, 2.75) is 110 Å². The topological polar surface area (TPSA) is 89.9 Å². The van der Waals surface area contributed by atoms with Crippen LogP contribution in [0.1, 0.15) is 104 Å². The molecule has 35 heavy (non-hydrogen) atoms. The molecule has 0 radical (unpaired) electrons. The third-order valence-corrected chi connectivity index (χ3v) is 11.3. The standard InChI is InChI=1S/C29H46O6/c1-18(5-11-26(32)34-4)22-8-9-23-21-7-6-19-17-20(35-27(33)12-10-25(30)31)13-15-28(19,2)24(21)14-16-29(22,23)3/h18-24H,5-17H2,1-4H3,(H,30,31). The molecule has 9 unspecified atom stereocenters. The van der Waals surface area contributed by atoms with Crippen LogP contribution in [0.25, 0.3) is 0 Å². The molecule has 0 aromatic rings. The fourth-order valence-electron chi connectivity index (χ4n) is 9.40. The summed E-state index contributed by atoms with van der Waals surface area (Å²) in [4.78, 5) is 34.6. The van der Waals surface area contributed by atoms with Crippen LogP contribution in [0.3, 0.4) is 0 Å². The zero-order chi connectivity index (χ0) is 25.4. The molecule has 4 aliphatic carbocycles. The first-order valence-corrected chi connectivity index (χ1v) is 14.1. The maximum atomic E-state index is 12.1. The molecule has 198 valence electrons. The predicted octanol–water partition coefficient (Wildman–Crippen LogP) is 6.01. The van der Waals surface area contributed by atoms with E-state index in [4.69, 9.17) is 14.6 Å². The van der Waals surface area contributed by atoms with E-state index >= 15 is 0 Å². The number of ether oxygens (including phenoxy) is 2. The summed E-state index contributed by atoms with van der Waals surface area (Å²) in [5.74, 6) is 2.79. The minimum Gasteiger partial charge on any atom is -0.481 e. The minimum absolute atomic E-state index is 0.0298. The molecule has 0 heterocycles. The van der Waals surface area contributed by atoms with Gasteiger partial charge < -0.3 is 14.6 Å². The summed E-state index contributed by atoms with van der Waals surface area (Å²) in [5.41, 5.74) is 0.708. The summed E-state index contributed by atoms with van der Waals surface area (Å²) in [7, 11) is 1.48. The third-order valence-electron chi connectivity index (χ3n) is 11.3. The molecule has 6 heteroatoms. The van der Waals surface area contributed by atoms with E-state index in [1.54, 1.807) is 0 Å². The second kappa shape index (κ2) is 10.4. The molecule has 1 N–H and O–H groups in total. The van der Waals surface area contributed by atoms with Gasteiger partial charge in [0.15, 0.2) is 0 Å². The predicted molar refractivity (Wildman–Crippen MR) is 132 cm³/mol. The number of methoxy groups -OCH3 is 1. The number of hydrogen-bond acceptors (Lipinski definition) is 5. The Morgan fingerprint density at radius 2 is 1.60 bits per heavy atom. The highest BCUT2D eigenvalue weighted by atomic mass is 16.5. The van der Waals surface area contributed by atoms with Crippen LogP contribution in [0.5, 0.6) is 0 Å². The average molecular weight is 491 g/mol. The van der Waals surface area contributed by atoms with Gasteiger partial charge in [0.25, 0.3) is 0 Å². The molecular weight excluding hydrogens is 444 g/mol.